The fraction of sp³-hybridized carbons (Fsp3) is 0.353. The van der Waals surface area contributed by atoms with Crippen molar-refractivity contribution in [1.29, 1.82) is 0 Å². The van der Waals surface area contributed by atoms with E-state index in [9.17, 15) is 4.79 Å². The van der Waals surface area contributed by atoms with Crippen molar-refractivity contribution in [3.63, 3.8) is 0 Å². The molecular formula is C17H22N2O2. The van der Waals surface area contributed by atoms with Crippen LogP contribution in [0.5, 0.6) is 0 Å². The molecule has 1 atom stereocenters. The topological polar surface area (TPSA) is 54.3 Å². The zero-order valence-corrected chi connectivity index (χ0v) is 12.3. The highest BCUT2D eigenvalue weighted by Gasteiger charge is 2.07. The number of hydrogen-bond donors (Lipinski definition) is 2. The summed E-state index contributed by atoms with van der Waals surface area (Å²) in [6.07, 6.45) is 5.70. The molecule has 0 radical (unpaired) electrons. The Morgan fingerprint density at radius 3 is 2.76 bits per heavy atom. The number of nitrogens with zero attached hydrogens (tertiary/aromatic N) is 1. The summed E-state index contributed by atoms with van der Waals surface area (Å²) in [7, 11) is 0. The highest BCUT2D eigenvalue weighted by Crippen LogP contribution is 2.11. The van der Waals surface area contributed by atoms with E-state index in [4.69, 9.17) is 5.11 Å². The number of aromatic nitrogens is 1. The second kappa shape index (κ2) is 7.64. The standard InChI is InChI=1S/C17H22N2O2/c1-14(13-20)6-5-9-18-17(21)15-7-4-8-16(12-15)19-10-2-3-11-19/h2-4,7-8,10-12,14,20H,5-6,9,13H2,1H3,(H,18,21). The highest BCUT2D eigenvalue weighted by molar-refractivity contribution is 5.94. The molecule has 1 aromatic carbocycles. The highest BCUT2D eigenvalue weighted by atomic mass is 16.3. The third-order valence-electron chi connectivity index (χ3n) is 3.48. The van der Waals surface area contributed by atoms with E-state index in [1.165, 1.54) is 0 Å². The van der Waals surface area contributed by atoms with Gasteiger partial charge < -0.3 is 15.0 Å². The van der Waals surface area contributed by atoms with Gasteiger partial charge in [0.2, 0.25) is 0 Å². The number of aliphatic hydroxyl groups excluding tert-OH is 1. The van der Waals surface area contributed by atoms with Gasteiger partial charge in [0.15, 0.2) is 0 Å². The van der Waals surface area contributed by atoms with E-state index >= 15 is 0 Å². The van der Waals surface area contributed by atoms with Crippen molar-refractivity contribution in [2.24, 2.45) is 5.92 Å². The minimum atomic E-state index is -0.0549. The number of nitrogens with one attached hydrogen (secondary N) is 1. The van der Waals surface area contributed by atoms with Gasteiger partial charge in [-0.1, -0.05) is 13.0 Å². The van der Waals surface area contributed by atoms with Gasteiger partial charge in [-0.25, -0.2) is 0 Å². The van der Waals surface area contributed by atoms with E-state index in [2.05, 4.69) is 5.32 Å². The zero-order valence-electron chi connectivity index (χ0n) is 12.3. The van der Waals surface area contributed by atoms with Crippen LogP contribution in [-0.2, 0) is 0 Å². The average molecular weight is 286 g/mol. The number of carbonyl (C=O) groups is 1. The summed E-state index contributed by atoms with van der Waals surface area (Å²) in [5.41, 5.74) is 1.64. The van der Waals surface area contributed by atoms with Crippen molar-refractivity contribution < 1.29 is 9.90 Å². The van der Waals surface area contributed by atoms with E-state index in [1.54, 1.807) is 0 Å². The molecule has 0 saturated carbocycles. The second-order valence-electron chi connectivity index (χ2n) is 5.33. The molecule has 2 rings (SSSR count). The molecule has 4 heteroatoms. The van der Waals surface area contributed by atoms with Crippen molar-refractivity contribution in [1.82, 2.24) is 9.88 Å². The summed E-state index contributed by atoms with van der Waals surface area (Å²) < 4.78 is 1.97. The van der Waals surface area contributed by atoms with Crippen LogP contribution >= 0.6 is 0 Å². The molecule has 1 unspecified atom stereocenters. The molecule has 2 aromatic rings. The summed E-state index contributed by atoms with van der Waals surface area (Å²) >= 11 is 0. The van der Waals surface area contributed by atoms with E-state index in [-0.39, 0.29) is 12.5 Å². The number of hydrogen-bond acceptors (Lipinski definition) is 2. The van der Waals surface area contributed by atoms with E-state index in [0.29, 0.717) is 18.0 Å². The van der Waals surface area contributed by atoms with E-state index in [0.717, 1.165) is 18.5 Å². The van der Waals surface area contributed by atoms with Gasteiger partial charge in [-0.15, -0.1) is 0 Å². The van der Waals surface area contributed by atoms with E-state index in [1.807, 2.05) is 60.3 Å². The lowest BCUT2D eigenvalue weighted by molar-refractivity contribution is 0.0952. The van der Waals surface area contributed by atoms with Crippen molar-refractivity contribution in [3.05, 3.63) is 54.4 Å². The van der Waals surface area contributed by atoms with Gasteiger partial charge >= 0.3 is 0 Å². The van der Waals surface area contributed by atoms with Crippen LogP contribution in [0.4, 0.5) is 0 Å². The number of benzene rings is 1. The largest absolute Gasteiger partial charge is 0.396 e. The van der Waals surface area contributed by atoms with Crippen LogP contribution < -0.4 is 5.32 Å². The first-order valence-corrected chi connectivity index (χ1v) is 7.33. The molecule has 1 amide bonds. The lowest BCUT2D eigenvalue weighted by atomic mass is 10.1. The quantitative estimate of drug-likeness (QED) is 0.769. The summed E-state index contributed by atoms with van der Waals surface area (Å²) in [6.45, 7) is 2.84. The Morgan fingerprint density at radius 2 is 2.05 bits per heavy atom. The molecule has 0 saturated heterocycles. The lowest BCUT2D eigenvalue weighted by Crippen LogP contribution is -2.25. The van der Waals surface area contributed by atoms with Gasteiger partial charge in [-0.3, -0.25) is 4.79 Å². The van der Waals surface area contributed by atoms with Crippen LogP contribution in [0.15, 0.2) is 48.8 Å². The molecule has 0 aliphatic heterocycles. The Labute approximate surface area is 125 Å². The molecule has 0 spiro atoms. The Bertz CT molecular complexity index is 564. The normalized spacial score (nSPS) is 12.1. The third-order valence-corrected chi connectivity index (χ3v) is 3.48. The Balaban J connectivity index is 1.89. The van der Waals surface area contributed by atoms with Gasteiger partial charge in [-0.2, -0.15) is 0 Å². The van der Waals surface area contributed by atoms with Gasteiger partial charge in [0, 0.05) is 36.8 Å². The summed E-state index contributed by atoms with van der Waals surface area (Å²) in [4.78, 5) is 12.1. The van der Waals surface area contributed by atoms with Gasteiger partial charge in [-0.05, 0) is 49.1 Å². The van der Waals surface area contributed by atoms with Crippen molar-refractivity contribution in [3.8, 4) is 5.69 Å². The monoisotopic (exact) mass is 286 g/mol. The summed E-state index contributed by atoms with van der Waals surface area (Å²) in [5, 5.41) is 11.9. The van der Waals surface area contributed by atoms with Crippen LogP contribution in [0, 0.1) is 5.92 Å². The minimum Gasteiger partial charge on any atom is -0.396 e. The Kier molecular flexibility index (Phi) is 5.58. The molecule has 21 heavy (non-hydrogen) atoms. The van der Waals surface area contributed by atoms with Crippen LogP contribution in [0.3, 0.4) is 0 Å². The van der Waals surface area contributed by atoms with Crippen LogP contribution in [0.25, 0.3) is 5.69 Å². The third kappa shape index (κ3) is 4.46. The van der Waals surface area contributed by atoms with Gasteiger partial charge in [0.1, 0.15) is 0 Å². The molecule has 4 nitrogen and oxygen atoms in total. The molecule has 0 fully saturated rings. The van der Waals surface area contributed by atoms with Gasteiger partial charge in [0.25, 0.3) is 5.91 Å². The molecule has 1 aromatic heterocycles. The average Bonchev–Trinajstić information content (AvgIpc) is 3.05. The molecule has 0 aliphatic rings. The predicted molar refractivity (Wildman–Crippen MR) is 83.6 cm³/mol. The Morgan fingerprint density at radius 1 is 1.29 bits per heavy atom. The zero-order chi connectivity index (χ0) is 15.1. The first-order chi connectivity index (χ1) is 10.2. The first kappa shape index (κ1) is 15.3. The van der Waals surface area contributed by atoms with Gasteiger partial charge in [0.05, 0.1) is 0 Å². The number of rotatable bonds is 7. The van der Waals surface area contributed by atoms with Crippen molar-refractivity contribution >= 4 is 5.91 Å². The maximum atomic E-state index is 12.1. The smallest absolute Gasteiger partial charge is 0.251 e. The molecule has 112 valence electrons. The molecule has 1 heterocycles. The SMILES string of the molecule is CC(CO)CCCNC(=O)c1cccc(-n2cccc2)c1. The van der Waals surface area contributed by atoms with Crippen LogP contribution in [-0.4, -0.2) is 28.7 Å². The number of amides is 1. The molecular weight excluding hydrogens is 264 g/mol. The Hall–Kier alpha value is -2.07. The van der Waals surface area contributed by atoms with Crippen molar-refractivity contribution in [2.75, 3.05) is 13.2 Å². The predicted octanol–water partition coefficient (Wildman–Crippen LogP) is 2.62. The minimum absolute atomic E-state index is 0.0549. The molecule has 0 bridgehead atoms. The fourth-order valence-electron chi connectivity index (χ4n) is 2.16. The molecule has 0 aliphatic carbocycles. The fourth-order valence-corrected chi connectivity index (χ4v) is 2.16. The van der Waals surface area contributed by atoms with E-state index < -0.39 is 0 Å². The van der Waals surface area contributed by atoms with Crippen LogP contribution in [0.1, 0.15) is 30.1 Å². The maximum Gasteiger partial charge on any atom is 0.251 e. The van der Waals surface area contributed by atoms with Crippen molar-refractivity contribution in [2.45, 2.75) is 19.8 Å². The first-order valence-electron chi connectivity index (χ1n) is 7.33. The van der Waals surface area contributed by atoms with Crippen LogP contribution in [0.2, 0.25) is 0 Å². The maximum absolute atomic E-state index is 12.1. The second-order valence-corrected chi connectivity index (χ2v) is 5.33. The summed E-state index contributed by atoms with van der Waals surface area (Å²) in [5.74, 6) is 0.236. The molecule has 2 N–H and O–H groups in total. The number of aliphatic hydroxyl groups is 1. The summed E-state index contributed by atoms with van der Waals surface area (Å²) in [6, 6.07) is 11.5. The lowest BCUT2D eigenvalue weighted by Gasteiger charge is -2.09. The number of carbonyl (C=O) groups excluding carboxylic acids is 1.